The fourth-order valence-electron chi connectivity index (χ4n) is 3.47. The van der Waals surface area contributed by atoms with Gasteiger partial charge in [-0.1, -0.05) is 107 Å². The molecule has 0 atom stereocenters. The van der Waals surface area contributed by atoms with E-state index in [4.69, 9.17) is 13.6 Å². The molecule has 5 heteroatoms. The van der Waals surface area contributed by atoms with Gasteiger partial charge >= 0.3 is 7.82 Å². The third-order valence-corrected chi connectivity index (χ3v) is 6.84. The summed E-state index contributed by atoms with van der Waals surface area (Å²) in [6.45, 7) is 6.60. The summed E-state index contributed by atoms with van der Waals surface area (Å²) in [6.07, 6.45) is 13.8. The molecule has 0 aliphatic rings. The summed E-state index contributed by atoms with van der Waals surface area (Å²) < 4.78 is 30.4. The Hall–Kier alpha value is -1.77. The minimum Gasteiger partial charge on any atom is -0.395 e. The van der Waals surface area contributed by atoms with E-state index in [-0.39, 0.29) is 0 Å². The molecule has 0 saturated heterocycles. The van der Waals surface area contributed by atoms with Gasteiger partial charge in [0.2, 0.25) is 0 Å². The zero-order valence-electron chi connectivity index (χ0n) is 20.2. The van der Waals surface area contributed by atoms with E-state index in [1.165, 1.54) is 57.8 Å². The highest BCUT2D eigenvalue weighted by Gasteiger charge is 2.30. The van der Waals surface area contributed by atoms with Crippen molar-refractivity contribution in [1.82, 2.24) is 0 Å². The summed E-state index contributed by atoms with van der Waals surface area (Å²) in [5.41, 5.74) is 2.21. The van der Waals surface area contributed by atoms with Gasteiger partial charge in [-0.2, -0.15) is 0 Å². The van der Waals surface area contributed by atoms with Crippen molar-refractivity contribution in [2.24, 2.45) is 0 Å². The molecule has 2 aromatic carbocycles. The Morgan fingerprint density at radius 1 is 0.594 bits per heavy atom. The quantitative estimate of drug-likeness (QED) is 0.174. The highest BCUT2D eigenvalue weighted by molar-refractivity contribution is 7.49. The van der Waals surface area contributed by atoms with Crippen LogP contribution in [0.15, 0.2) is 48.5 Å². The first-order chi connectivity index (χ1) is 15.5. The topological polar surface area (TPSA) is 44.8 Å². The third kappa shape index (κ3) is 11.2. The van der Waals surface area contributed by atoms with Gasteiger partial charge in [-0.15, -0.1) is 0 Å². The van der Waals surface area contributed by atoms with Gasteiger partial charge < -0.3 is 9.05 Å². The number of hydrogen-bond donors (Lipinski definition) is 0. The largest absolute Gasteiger partial charge is 0.587 e. The molecular weight excluding hydrogens is 419 g/mol. The minimum atomic E-state index is -3.77. The Bertz CT molecular complexity index is 735. The second kappa shape index (κ2) is 15.1. The molecule has 0 aliphatic carbocycles. The summed E-state index contributed by atoms with van der Waals surface area (Å²) in [4.78, 5) is 0. The number of unbranched alkanes of at least 4 members (excludes halogenated alkanes) is 10. The number of phosphoric acid groups is 1. The Balaban J connectivity index is 1.74. The molecule has 32 heavy (non-hydrogen) atoms. The number of rotatable bonds is 17. The van der Waals surface area contributed by atoms with Crippen molar-refractivity contribution in [1.29, 1.82) is 0 Å². The standard InChI is InChI=1S/C27H41O4P/c1-4-5-6-7-8-9-10-11-12-13-14-23-29-32(28,30-26-19-15-24(2)16-20-26)31-27-21-17-25(3)18-22-27/h15-22H,4-14,23H2,1-3H3. The molecule has 2 aromatic rings. The van der Waals surface area contributed by atoms with Gasteiger partial charge in [0.1, 0.15) is 11.5 Å². The molecule has 0 unspecified atom stereocenters. The highest BCUT2D eigenvalue weighted by Crippen LogP contribution is 2.49. The molecule has 0 aliphatic heterocycles. The Morgan fingerprint density at radius 2 is 0.969 bits per heavy atom. The molecule has 0 aromatic heterocycles. The molecule has 4 nitrogen and oxygen atoms in total. The monoisotopic (exact) mass is 460 g/mol. The van der Waals surface area contributed by atoms with Crippen molar-refractivity contribution < 1.29 is 18.1 Å². The van der Waals surface area contributed by atoms with Crippen LogP contribution in [-0.2, 0) is 9.09 Å². The van der Waals surface area contributed by atoms with Crippen molar-refractivity contribution in [3.8, 4) is 11.5 Å². The van der Waals surface area contributed by atoms with Gasteiger partial charge in [-0.25, -0.2) is 4.57 Å². The Labute approximate surface area is 195 Å². The van der Waals surface area contributed by atoms with Gasteiger partial charge in [0, 0.05) is 0 Å². The minimum absolute atomic E-state index is 0.353. The van der Waals surface area contributed by atoms with E-state index in [9.17, 15) is 4.57 Å². The van der Waals surface area contributed by atoms with E-state index in [0.717, 1.165) is 24.0 Å². The van der Waals surface area contributed by atoms with Crippen LogP contribution in [0, 0.1) is 13.8 Å². The predicted octanol–water partition coefficient (Wildman–Crippen LogP) is 9.20. The molecule has 0 radical (unpaired) electrons. The second-order valence-electron chi connectivity index (χ2n) is 8.62. The van der Waals surface area contributed by atoms with Crippen molar-refractivity contribution in [3.05, 3.63) is 59.7 Å². The summed E-state index contributed by atoms with van der Waals surface area (Å²) >= 11 is 0. The predicted molar refractivity (Wildman–Crippen MR) is 134 cm³/mol. The lowest BCUT2D eigenvalue weighted by Crippen LogP contribution is -2.06. The van der Waals surface area contributed by atoms with Crippen LogP contribution in [-0.4, -0.2) is 6.61 Å². The number of aryl methyl sites for hydroxylation is 2. The molecule has 178 valence electrons. The van der Waals surface area contributed by atoms with Gasteiger partial charge in [-0.05, 0) is 44.5 Å². The molecule has 2 rings (SSSR count). The van der Waals surface area contributed by atoms with Gasteiger partial charge in [0.15, 0.2) is 0 Å². The van der Waals surface area contributed by atoms with E-state index >= 15 is 0 Å². The fourth-order valence-corrected chi connectivity index (χ4v) is 4.73. The molecule has 0 bridgehead atoms. The first-order valence-electron chi connectivity index (χ1n) is 12.3. The van der Waals surface area contributed by atoms with Crippen molar-refractivity contribution in [2.75, 3.05) is 6.61 Å². The van der Waals surface area contributed by atoms with Crippen LogP contribution in [0.5, 0.6) is 11.5 Å². The summed E-state index contributed by atoms with van der Waals surface area (Å²) in [5, 5.41) is 0. The number of phosphoric ester groups is 1. The van der Waals surface area contributed by atoms with Crippen LogP contribution >= 0.6 is 7.82 Å². The van der Waals surface area contributed by atoms with Crippen LogP contribution in [0.2, 0.25) is 0 Å². The number of benzene rings is 2. The first kappa shape index (κ1) is 26.5. The maximum atomic E-state index is 13.3. The molecule has 0 heterocycles. The summed E-state index contributed by atoms with van der Waals surface area (Å²) in [5.74, 6) is 0.954. The molecule has 0 fully saturated rings. The maximum absolute atomic E-state index is 13.3. The fraction of sp³-hybridized carbons (Fsp3) is 0.556. The first-order valence-corrected chi connectivity index (χ1v) is 13.7. The zero-order chi connectivity index (χ0) is 23.1. The normalized spacial score (nSPS) is 11.5. The Morgan fingerprint density at radius 3 is 1.38 bits per heavy atom. The van der Waals surface area contributed by atoms with E-state index in [2.05, 4.69) is 6.92 Å². The van der Waals surface area contributed by atoms with Crippen LogP contribution in [0.3, 0.4) is 0 Å². The van der Waals surface area contributed by atoms with Crippen LogP contribution in [0.1, 0.15) is 88.7 Å². The van der Waals surface area contributed by atoms with Gasteiger partial charge in [0.05, 0.1) is 6.61 Å². The molecule has 0 N–H and O–H groups in total. The van der Waals surface area contributed by atoms with Crippen molar-refractivity contribution >= 4 is 7.82 Å². The molecular formula is C27H41O4P. The second-order valence-corrected chi connectivity index (χ2v) is 10.1. The maximum Gasteiger partial charge on any atom is 0.587 e. The van der Waals surface area contributed by atoms with Crippen molar-refractivity contribution in [3.63, 3.8) is 0 Å². The van der Waals surface area contributed by atoms with E-state index in [0.29, 0.717) is 18.1 Å². The zero-order valence-corrected chi connectivity index (χ0v) is 21.1. The SMILES string of the molecule is CCCCCCCCCCCCCOP(=O)(Oc1ccc(C)cc1)Oc1ccc(C)cc1. The smallest absolute Gasteiger partial charge is 0.395 e. The average Bonchev–Trinajstić information content (AvgIpc) is 2.78. The molecule has 0 spiro atoms. The molecule has 0 amide bonds. The van der Waals surface area contributed by atoms with E-state index in [1.807, 2.05) is 38.1 Å². The molecule has 0 saturated carbocycles. The highest BCUT2D eigenvalue weighted by atomic mass is 31.2. The lowest BCUT2D eigenvalue weighted by Gasteiger charge is -2.19. The van der Waals surface area contributed by atoms with E-state index < -0.39 is 7.82 Å². The van der Waals surface area contributed by atoms with Crippen LogP contribution in [0.25, 0.3) is 0 Å². The summed E-state index contributed by atoms with van der Waals surface area (Å²) in [7, 11) is -3.77. The van der Waals surface area contributed by atoms with Gasteiger partial charge in [-0.3, -0.25) is 4.52 Å². The average molecular weight is 461 g/mol. The van der Waals surface area contributed by atoms with Crippen LogP contribution in [0.4, 0.5) is 0 Å². The lowest BCUT2D eigenvalue weighted by atomic mass is 10.1. The van der Waals surface area contributed by atoms with Crippen LogP contribution < -0.4 is 9.05 Å². The van der Waals surface area contributed by atoms with E-state index in [1.54, 1.807) is 24.3 Å². The number of hydrogen-bond acceptors (Lipinski definition) is 4. The van der Waals surface area contributed by atoms with Crippen molar-refractivity contribution in [2.45, 2.75) is 91.4 Å². The summed E-state index contributed by atoms with van der Waals surface area (Å²) in [6, 6.07) is 14.8. The third-order valence-electron chi connectivity index (χ3n) is 5.47. The lowest BCUT2D eigenvalue weighted by molar-refractivity contribution is 0.205. The Kier molecular flexibility index (Phi) is 12.5. The van der Waals surface area contributed by atoms with Gasteiger partial charge in [0.25, 0.3) is 0 Å².